The van der Waals surface area contributed by atoms with Crippen molar-refractivity contribution in [3.05, 3.63) is 23.0 Å². The molecule has 0 spiro atoms. The molecule has 2 rings (SSSR count). The molecule has 0 amide bonds. The van der Waals surface area contributed by atoms with E-state index in [0.717, 1.165) is 12.5 Å². The summed E-state index contributed by atoms with van der Waals surface area (Å²) in [5.74, 6) is 0.666. The smallest absolute Gasteiger partial charge is 0.0337 e. The lowest BCUT2D eigenvalue weighted by atomic mass is 9.98. The zero-order chi connectivity index (χ0) is 11.9. The van der Waals surface area contributed by atoms with Crippen molar-refractivity contribution in [2.45, 2.75) is 59.0 Å². The normalized spacial score (nSPS) is 18.1. The van der Waals surface area contributed by atoms with E-state index in [1.165, 1.54) is 29.8 Å². The standard InChI is InChI=1S/C14H24N2/c1-9(2)7-14(15)13-8-10(3)16(11(13)4)12-5-6-12/h8-9,12,14H,5-7,15H2,1-4H3. The fourth-order valence-electron chi connectivity index (χ4n) is 2.71. The number of hydrogen-bond acceptors (Lipinski definition) is 1. The fourth-order valence-corrected chi connectivity index (χ4v) is 2.71. The maximum atomic E-state index is 6.29. The highest BCUT2D eigenvalue weighted by atomic mass is 15.1. The quantitative estimate of drug-likeness (QED) is 0.827. The van der Waals surface area contributed by atoms with Crippen LogP contribution in [0.25, 0.3) is 0 Å². The van der Waals surface area contributed by atoms with Crippen LogP contribution in [-0.4, -0.2) is 4.57 Å². The Balaban J connectivity index is 2.24. The number of nitrogens with two attached hydrogens (primary N) is 1. The lowest BCUT2D eigenvalue weighted by molar-refractivity contribution is 0.507. The first-order chi connectivity index (χ1) is 7.50. The molecular weight excluding hydrogens is 196 g/mol. The lowest BCUT2D eigenvalue weighted by Gasteiger charge is -2.15. The van der Waals surface area contributed by atoms with Gasteiger partial charge >= 0.3 is 0 Å². The van der Waals surface area contributed by atoms with E-state index in [-0.39, 0.29) is 6.04 Å². The van der Waals surface area contributed by atoms with Crippen molar-refractivity contribution in [3.63, 3.8) is 0 Å². The average Bonchev–Trinajstić information content (AvgIpc) is 2.93. The zero-order valence-corrected chi connectivity index (χ0v) is 11.0. The summed E-state index contributed by atoms with van der Waals surface area (Å²) in [6.45, 7) is 8.90. The van der Waals surface area contributed by atoms with Crippen LogP contribution in [0.1, 0.15) is 62.1 Å². The van der Waals surface area contributed by atoms with Crippen LogP contribution in [-0.2, 0) is 0 Å². The zero-order valence-electron chi connectivity index (χ0n) is 11.0. The van der Waals surface area contributed by atoms with Crippen molar-refractivity contribution in [1.82, 2.24) is 4.57 Å². The van der Waals surface area contributed by atoms with Crippen LogP contribution < -0.4 is 5.73 Å². The molecule has 2 heteroatoms. The Bertz CT molecular complexity index is 372. The van der Waals surface area contributed by atoms with Crippen LogP contribution in [0.2, 0.25) is 0 Å². The van der Waals surface area contributed by atoms with E-state index < -0.39 is 0 Å². The minimum Gasteiger partial charge on any atom is -0.346 e. The molecule has 2 nitrogen and oxygen atoms in total. The molecule has 1 aliphatic carbocycles. The highest BCUT2D eigenvalue weighted by Crippen LogP contribution is 2.39. The maximum Gasteiger partial charge on any atom is 0.0337 e. The van der Waals surface area contributed by atoms with Gasteiger partial charge in [-0.15, -0.1) is 0 Å². The summed E-state index contributed by atoms with van der Waals surface area (Å²) in [5.41, 5.74) is 10.4. The topological polar surface area (TPSA) is 30.9 Å². The molecule has 1 aromatic rings. The van der Waals surface area contributed by atoms with Gasteiger partial charge < -0.3 is 10.3 Å². The van der Waals surface area contributed by atoms with Gasteiger partial charge in [0.15, 0.2) is 0 Å². The van der Waals surface area contributed by atoms with Crippen molar-refractivity contribution in [2.24, 2.45) is 11.7 Å². The minimum atomic E-state index is 0.207. The fraction of sp³-hybridized carbons (Fsp3) is 0.714. The molecule has 0 bridgehead atoms. The Morgan fingerprint density at radius 3 is 2.50 bits per heavy atom. The maximum absolute atomic E-state index is 6.29. The largest absolute Gasteiger partial charge is 0.346 e. The van der Waals surface area contributed by atoms with E-state index in [9.17, 15) is 0 Å². The Morgan fingerprint density at radius 2 is 2.00 bits per heavy atom. The van der Waals surface area contributed by atoms with Gasteiger partial charge in [0.25, 0.3) is 0 Å². The molecule has 0 radical (unpaired) electrons. The predicted octanol–water partition coefficient (Wildman–Crippen LogP) is 3.49. The predicted molar refractivity (Wildman–Crippen MR) is 68.6 cm³/mol. The van der Waals surface area contributed by atoms with E-state index in [2.05, 4.69) is 38.3 Å². The van der Waals surface area contributed by atoms with Gasteiger partial charge in [-0.25, -0.2) is 0 Å². The highest BCUT2D eigenvalue weighted by Gasteiger charge is 2.28. The van der Waals surface area contributed by atoms with E-state index in [1.54, 1.807) is 0 Å². The SMILES string of the molecule is Cc1cc(C(N)CC(C)C)c(C)n1C1CC1. The molecule has 2 N–H and O–H groups in total. The van der Waals surface area contributed by atoms with Gasteiger partial charge in [0.05, 0.1) is 0 Å². The molecule has 1 saturated carbocycles. The summed E-state index contributed by atoms with van der Waals surface area (Å²) >= 11 is 0. The first-order valence-corrected chi connectivity index (χ1v) is 6.44. The monoisotopic (exact) mass is 220 g/mol. The molecule has 0 saturated heterocycles. The van der Waals surface area contributed by atoms with Crippen LogP contribution in [0.3, 0.4) is 0 Å². The third kappa shape index (κ3) is 2.17. The highest BCUT2D eigenvalue weighted by molar-refractivity contribution is 5.31. The van der Waals surface area contributed by atoms with Crippen molar-refractivity contribution >= 4 is 0 Å². The van der Waals surface area contributed by atoms with Crippen LogP contribution in [0.15, 0.2) is 6.07 Å². The average molecular weight is 220 g/mol. The minimum absolute atomic E-state index is 0.207. The molecule has 90 valence electrons. The third-order valence-electron chi connectivity index (χ3n) is 3.56. The van der Waals surface area contributed by atoms with E-state index in [1.807, 2.05) is 0 Å². The van der Waals surface area contributed by atoms with Crippen LogP contribution in [0, 0.1) is 19.8 Å². The van der Waals surface area contributed by atoms with Crippen molar-refractivity contribution < 1.29 is 0 Å². The first-order valence-electron chi connectivity index (χ1n) is 6.44. The van der Waals surface area contributed by atoms with Crippen LogP contribution >= 0.6 is 0 Å². The Hall–Kier alpha value is -0.760. The van der Waals surface area contributed by atoms with Gasteiger partial charge in [0.1, 0.15) is 0 Å². The van der Waals surface area contributed by atoms with Gasteiger partial charge in [-0.05, 0) is 50.7 Å². The second-order valence-electron chi connectivity index (χ2n) is 5.66. The molecular formula is C14H24N2. The second-order valence-corrected chi connectivity index (χ2v) is 5.66. The summed E-state index contributed by atoms with van der Waals surface area (Å²) in [7, 11) is 0. The van der Waals surface area contributed by atoms with Gasteiger partial charge in [-0.2, -0.15) is 0 Å². The molecule has 1 aliphatic rings. The number of aryl methyl sites for hydroxylation is 1. The summed E-state index contributed by atoms with van der Waals surface area (Å²) in [6.07, 6.45) is 3.76. The number of rotatable bonds is 4. The summed E-state index contributed by atoms with van der Waals surface area (Å²) in [6, 6.07) is 3.26. The number of nitrogens with zero attached hydrogens (tertiary/aromatic N) is 1. The summed E-state index contributed by atoms with van der Waals surface area (Å²) in [4.78, 5) is 0. The molecule has 0 aliphatic heterocycles. The summed E-state index contributed by atoms with van der Waals surface area (Å²) in [5, 5.41) is 0. The van der Waals surface area contributed by atoms with E-state index in [0.29, 0.717) is 5.92 Å². The van der Waals surface area contributed by atoms with Gasteiger partial charge in [-0.3, -0.25) is 0 Å². The van der Waals surface area contributed by atoms with Crippen molar-refractivity contribution in [3.8, 4) is 0 Å². The van der Waals surface area contributed by atoms with Crippen LogP contribution in [0.5, 0.6) is 0 Å². The van der Waals surface area contributed by atoms with Crippen LogP contribution in [0.4, 0.5) is 0 Å². The molecule has 0 aromatic carbocycles. The molecule has 16 heavy (non-hydrogen) atoms. The molecule has 1 heterocycles. The van der Waals surface area contributed by atoms with E-state index in [4.69, 9.17) is 5.73 Å². The molecule has 1 fully saturated rings. The van der Waals surface area contributed by atoms with E-state index >= 15 is 0 Å². The van der Waals surface area contributed by atoms with Gasteiger partial charge in [0.2, 0.25) is 0 Å². The Labute approximate surface area is 98.8 Å². The number of hydrogen-bond donors (Lipinski definition) is 1. The third-order valence-corrected chi connectivity index (χ3v) is 3.56. The Morgan fingerprint density at radius 1 is 1.38 bits per heavy atom. The Kier molecular flexibility index (Phi) is 3.11. The molecule has 1 aromatic heterocycles. The van der Waals surface area contributed by atoms with Gasteiger partial charge in [-0.1, -0.05) is 13.8 Å². The summed E-state index contributed by atoms with van der Waals surface area (Å²) < 4.78 is 2.48. The molecule has 1 unspecified atom stereocenters. The van der Waals surface area contributed by atoms with Crippen molar-refractivity contribution in [1.29, 1.82) is 0 Å². The first kappa shape index (κ1) is 11.7. The lowest BCUT2D eigenvalue weighted by Crippen LogP contribution is -2.14. The molecule has 1 atom stereocenters. The second kappa shape index (κ2) is 4.25. The van der Waals surface area contributed by atoms with Gasteiger partial charge in [0, 0.05) is 23.5 Å². The number of aromatic nitrogens is 1. The van der Waals surface area contributed by atoms with Crippen molar-refractivity contribution in [2.75, 3.05) is 0 Å².